The molecule has 1 heteroatoms. The summed E-state index contributed by atoms with van der Waals surface area (Å²) in [7, 11) is 0. The van der Waals surface area contributed by atoms with Gasteiger partial charge in [-0.15, -0.1) is 11.8 Å². The highest BCUT2D eigenvalue weighted by molar-refractivity contribution is 8.03. The predicted octanol–water partition coefficient (Wildman–Crippen LogP) is 5.35. The second-order valence-corrected chi connectivity index (χ2v) is 7.51. The van der Waals surface area contributed by atoms with Gasteiger partial charge >= 0.3 is 0 Å². The van der Waals surface area contributed by atoms with E-state index in [0.717, 1.165) is 23.7 Å². The van der Waals surface area contributed by atoms with Crippen LogP contribution in [0.3, 0.4) is 0 Å². The highest BCUT2D eigenvalue weighted by atomic mass is 32.2. The van der Waals surface area contributed by atoms with E-state index in [0.29, 0.717) is 0 Å². The zero-order valence-corrected chi connectivity index (χ0v) is 12.3. The van der Waals surface area contributed by atoms with Crippen LogP contribution in [-0.2, 0) is 0 Å². The molecule has 0 saturated heterocycles. The molecule has 16 heavy (non-hydrogen) atoms. The standard InChI is InChI=1S/C15H28S/c1-11(2)6-15(10-16-12(3)4)9-14-7-13(5)8-14/h11,13-15H,3,6-10H2,1-2,4-5H3. The van der Waals surface area contributed by atoms with Crippen molar-refractivity contribution in [2.75, 3.05) is 5.75 Å². The van der Waals surface area contributed by atoms with Crippen LogP contribution in [0.15, 0.2) is 11.5 Å². The van der Waals surface area contributed by atoms with Crippen LogP contribution in [0.25, 0.3) is 0 Å². The summed E-state index contributed by atoms with van der Waals surface area (Å²) in [5.41, 5.74) is 0. The predicted molar refractivity (Wildman–Crippen MR) is 76.7 cm³/mol. The lowest BCUT2D eigenvalue weighted by atomic mass is 9.71. The van der Waals surface area contributed by atoms with E-state index in [1.54, 1.807) is 0 Å². The third-order valence-corrected chi connectivity index (χ3v) is 4.64. The fraction of sp³-hybridized carbons (Fsp3) is 0.867. The smallest absolute Gasteiger partial charge is 0.000504 e. The van der Waals surface area contributed by atoms with E-state index < -0.39 is 0 Å². The Kier molecular flexibility index (Phi) is 5.96. The van der Waals surface area contributed by atoms with Gasteiger partial charge in [-0.05, 0) is 61.2 Å². The monoisotopic (exact) mass is 240 g/mol. The van der Waals surface area contributed by atoms with Crippen LogP contribution < -0.4 is 0 Å². The van der Waals surface area contributed by atoms with E-state index in [1.807, 2.05) is 11.8 Å². The Hall–Kier alpha value is 0.0900. The van der Waals surface area contributed by atoms with Gasteiger partial charge in [0.15, 0.2) is 0 Å². The minimum atomic E-state index is 0.841. The van der Waals surface area contributed by atoms with Gasteiger partial charge in [0.2, 0.25) is 0 Å². The van der Waals surface area contributed by atoms with E-state index in [4.69, 9.17) is 0 Å². The molecule has 1 aliphatic rings. The summed E-state index contributed by atoms with van der Waals surface area (Å²) in [6.45, 7) is 13.2. The molecule has 1 aliphatic carbocycles. The highest BCUT2D eigenvalue weighted by Gasteiger charge is 2.27. The Morgan fingerprint density at radius 1 is 1.38 bits per heavy atom. The molecule has 0 amide bonds. The fourth-order valence-corrected chi connectivity index (χ4v) is 3.68. The average Bonchev–Trinajstić information content (AvgIpc) is 2.10. The van der Waals surface area contributed by atoms with Crippen LogP contribution in [0.2, 0.25) is 0 Å². The summed E-state index contributed by atoms with van der Waals surface area (Å²) in [6, 6.07) is 0. The summed E-state index contributed by atoms with van der Waals surface area (Å²) in [6.07, 6.45) is 5.81. The van der Waals surface area contributed by atoms with Crippen molar-refractivity contribution >= 4 is 11.8 Å². The van der Waals surface area contributed by atoms with E-state index in [1.165, 1.54) is 36.3 Å². The van der Waals surface area contributed by atoms with E-state index in [-0.39, 0.29) is 0 Å². The van der Waals surface area contributed by atoms with Crippen molar-refractivity contribution in [1.29, 1.82) is 0 Å². The Balaban J connectivity index is 2.28. The van der Waals surface area contributed by atoms with Crippen molar-refractivity contribution in [1.82, 2.24) is 0 Å². The molecular weight excluding hydrogens is 212 g/mol. The molecule has 0 aromatic carbocycles. The molecule has 0 N–H and O–H groups in total. The molecule has 0 aromatic heterocycles. The van der Waals surface area contributed by atoms with Gasteiger partial charge in [0.1, 0.15) is 0 Å². The van der Waals surface area contributed by atoms with Gasteiger partial charge in [-0.3, -0.25) is 0 Å². The first-order valence-electron chi connectivity index (χ1n) is 6.75. The van der Waals surface area contributed by atoms with Gasteiger partial charge in [-0.25, -0.2) is 0 Å². The summed E-state index contributed by atoms with van der Waals surface area (Å²) in [5.74, 6) is 5.08. The average molecular weight is 240 g/mol. The van der Waals surface area contributed by atoms with Gasteiger partial charge in [-0.2, -0.15) is 0 Å². The molecule has 94 valence electrons. The van der Waals surface area contributed by atoms with Crippen LogP contribution in [-0.4, -0.2) is 5.75 Å². The first kappa shape index (κ1) is 14.2. The minimum Gasteiger partial charge on any atom is -0.131 e. The number of rotatable bonds is 7. The SMILES string of the molecule is C=C(C)SCC(CC(C)C)CC1CC(C)C1. The molecule has 1 rings (SSSR count). The first-order chi connectivity index (χ1) is 7.47. The summed E-state index contributed by atoms with van der Waals surface area (Å²) >= 11 is 1.96. The zero-order chi connectivity index (χ0) is 12.1. The zero-order valence-electron chi connectivity index (χ0n) is 11.5. The van der Waals surface area contributed by atoms with Crippen molar-refractivity contribution in [3.8, 4) is 0 Å². The molecule has 0 heterocycles. The molecule has 0 aromatic rings. The van der Waals surface area contributed by atoms with Gasteiger partial charge in [-0.1, -0.05) is 27.4 Å². The van der Waals surface area contributed by atoms with Crippen LogP contribution in [0.1, 0.15) is 53.4 Å². The van der Waals surface area contributed by atoms with Gasteiger partial charge in [0.05, 0.1) is 0 Å². The number of hydrogen-bond donors (Lipinski definition) is 0. The van der Waals surface area contributed by atoms with Crippen molar-refractivity contribution in [2.45, 2.75) is 53.4 Å². The Morgan fingerprint density at radius 3 is 2.44 bits per heavy atom. The van der Waals surface area contributed by atoms with Crippen LogP contribution in [0, 0.1) is 23.7 Å². The fourth-order valence-electron chi connectivity index (χ4n) is 2.89. The first-order valence-corrected chi connectivity index (χ1v) is 7.74. The molecule has 0 spiro atoms. The summed E-state index contributed by atoms with van der Waals surface area (Å²) < 4.78 is 0. The summed E-state index contributed by atoms with van der Waals surface area (Å²) in [5, 5.41) is 0. The van der Waals surface area contributed by atoms with E-state index >= 15 is 0 Å². The second kappa shape index (κ2) is 6.74. The normalized spacial score (nSPS) is 26.6. The van der Waals surface area contributed by atoms with Crippen LogP contribution >= 0.6 is 11.8 Å². The van der Waals surface area contributed by atoms with Gasteiger partial charge < -0.3 is 0 Å². The molecule has 0 radical (unpaired) electrons. The number of thioether (sulfide) groups is 1. The van der Waals surface area contributed by atoms with E-state index in [2.05, 4.69) is 34.3 Å². The molecule has 1 unspecified atom stereocenters. The third kappa shape index (κ3) is 5.43. The molecular formula is C15H28S. The Bertz CT molecular complexity index is 213. The number of allylic oxidation sites excluding steroid dienone is 1. The third-order valence-electron chi connectivity index (χ3n) is 3.51. The highest BCUT2D eigenvalue weighted by Crippen LogP contribution is 2.39. The van der Waals surface area contributed by atoms with E-state index in [9.17, 15) is 0 Å². The van der Waals surface area contributed by atoms with Crippen molar-refractivity contribution in [3.63, 3.8) is 0 Å². The van der Waals surface area contributed by atoms with Crippen LogP contribution in [0.5, 0.6) is 0 Å². The maximum atomic E-state index is 3.99. The maximum absolute atomic E-state index is 3.99. The molecule has 0 nitrogen and oxygen atoms in total. The van der Waals surface area contributed by atoms with Crippen molar-refractivity contribution in [3.05, 3.63) is 11.5 Å². The number of hydrogen-bond acceptors (Lipinski definition) is 1. The van der Waals surface area contributed by atoms with Crippen molar-refractivity contribution in [2.24, 2.45) is 23.7 Å². The minimum absolute atomic E-state index is 0.841. The van der Waals surface area contributed by atoms with Gasteiger partial charge in [0.25, 0.3) is 0 Å². The van der Waals surface area contributed by atoms with Crippen LogP contribution in [0.4, 0.5) is 0 Å². The Morgan fingerprint density at radius 2 is 2.00 bits per heavy atom. The topological polar surface area (TPSA) is 0 Å². The molecule has 1 fully saturated rings. The quantitative estimate of drug-likeness (QED) is 0.578. The lowest BCUT2D eigenvalue weighted by Crippen LogP contribution is -2.24. The molecule has 0 bridgehead atoms. The van der Waals surface area contributed by atoms with Crippen molar-refractivity contribution < 1.29 is 0 Å². The largest absolute Gasteiger partial charge is 0.131 e. The molecule has 1 saturated carbocycles. The van der Waals surface area contributed by atoms with Gasteiger partial charge in [0, 0.05) is 5.75 Å². The maximum Gasteiger partial charge on any atom is 0.000504 e. The molecule has 1 atom stereocenters. The summed E-state index contributed by atoms with van der Waals surface area (Å²) in [4.78, 5) is 1.27. The lowest BCUT2D eigenvalue weighted by molar-refractivity contribution is 0.171. The molecule has 0 aliphatic heterocycles. The Labute approximate surface area is 106 Å². The second-order valence-electron chi connectivity index (χ2n) is 6.19. The lowest BCUT2D eigenvalue weighted by Gasteiger charge is -2.35.